The van der Waals surface area contributed by atoms with E-state index in [4.69, 9.17) is 16.7 Å². The van der Waals surface area contributed by atoms with E-state index in [2.05, 4.69) is 0 Å². The van der Waals surface area contributed by atoms with E-state index in [-0.39, 0.29) is 36.7 Å². The summed E-state index contributed by atoms with van der Waals surface area (Å²) >= 11 is 5.85. The number of hydrogen-bond donors (Lipinski definition) is 1. The molecule has 0 aliphatic carbocycles. The molecule has 1 aliphatic heterocycles. The summed E-state index contributed by atoms with van der Waals surface area (Å²) in [6.07, 6.45) is -0.00249. The number of amides is 1. The lowest BCUT2D eigenvalue weighted by molar-refractivity contribution is -0.136. The maximum absolute atomic E-state index is 12.9. The topological polar surface area (TPSA) is 95.0 Å². The van der Waals surface area contributed by atoms with Crippen LogP contribution in [-0.4, -0.2) is 60.8 Å². The van der Waals surface area contributed by atoms with E-state index in [0.717, 1.165) is 5.56 Å². The molecule has 0 spiro atoms. The van der Waals surface area contributed by atoms with Crippen molar-refractivity contribution < 1.29 is 23.1 Å². The van der Waals surface area contributed by atoms with Crippen LogP contribution in [0.15, 0.2) is 53.4 Å². The first-order valence-electron chi connectivity index (χ1n) is 9.09. The van der Waals surface area contributed by atoms with Crippen molar-refractivity contribution in [1.82, 2.24) is 9.21 Å². The van der Waals surface area contributed by atoms with Crippen LogP contribution in [0.25, 0.3) is 0 Å². The molecular formula is C20H21ClN2O5S. The molecule has 7 nitrogen and oxygen atoms in total. The highest BCUT2D eigenvalue weighted by Gasteiger charge is 2.30. The van der Waals surface area contributed by atoms with Crippen molar-refractivity contribution in [1.29, 1.82) is 0 Å². The summed E-state index contributed by atoms with van der Waals surface area (Å²) in [5.74, 6) is -1.08. The molecule has 1 N–H and O–H groups in total. The van der Waals surface area contributed by atoms with Gasteiger partial charge in [-0.3, -0.25) is 9.59 Å². The molecule has 154 valence electrons. The van der Waals surface area contributed by atoms with Gasteiger partial charge in [0.1, 0.15) is 0 Å². The standard InChI is InChI=1S/C20H21ClN2O5S/c21-17-6-4-15(5-7-17)13-19(24)22-8-10-23(11-9-22)29(27,28)18-3-1-2-16(12-18)14-20(25)26/h1-7,12H,8-11,13-14H2,(H,25,26). The maximum atomic E-state index is 12.9. The van der Waals surface area contributed by atoms with Gasteiger partial charge in [0.15, 0.2) is 0 Å². The first-order valence-corrected chi connectivity index (χ1v) is 10.9. The molecule has 1 aliphatic rings. The van der Waals surface area contributed by atoms with Crippen molar-refractivity contribution >= 4 is 33.5 Å². The Morgan fingerprint density at radius 1 is 0.931 bits per heavy atom. The molecule has 9 heteroatoms. The van der Waals surface area contributed by atoms with Crippen LogP contribution in [0.3, 0.4) is 0 Å². The first kappa shape index (κ1) is 21.3. The highest BCUT2D eigenvalue weighted by molar-refractivity contribution is 7.89. The smallest absolute Gasteiger partial charge is 0.307 e. The number of hydrogen-bond acceptors (Lipinski definition) is 4. The fraction of sp³-hybridized carbons (Fsp3) is 0.300. The Labute approximate surface area is 174 Å². The predicted octanol–water partition coefficient (Wildman–Crippen LogP) is 2.04. The van der Waals surface area contributed by atoms with Gasteiger partial charge in [0, 0.05) is 31.2 Å². The molecule has 1 saturated heterocycles. The van der Waals surface area contributed by atoms with Gasteiger partial charge in [0.25, 0.3) is 0 Å². The third-order valence-electron chi connectivity index (χ3n) is 4.75. The fourth-order valence-electron chi connectivity index (χ4n) is 3.21. The SMILES string of the molecule is O=C(O)Cc1cccc(S(=O)(=O)N2CCN(C(=O)Cc3ccc(Cl)cc3)CC2)c1. The van der Waals surface area contributed by atoms with Crippen molar-refractivity contribution in [2.75, 3.05) is 26.2 Å². The van der Waals surface area contributed by atoms with E-state index in [9.17, 15) is 18.0 Å². The van der Waals surface area contributed by atoms with Crippen molar-refractivity contribution in [2.24, 2.45) is 0 Å². The second kappa shape index (κ2) is 8.94. The highest BCUT2D eigenvalue weighted by Crippen LogP contribution is 2.20. The van der Waals surface area contributed by atoms with E-state index in [1.54, 1.807) is 35.2 Å². The van der Waals surface area contributed by atoms with Gasteiger partial charge >= 0.3 is 5.97 Å². The molecule has 0 aromatic heterocycles. The van der Waals surface area contributed by atoms with E-state index >= 15 is 0 Å². The zero-order valence-electron chi connectivity index (χ0n) is 15.6. The van der Waals surface area contributed by atoms with Crippen LogP contribution in [0, 0.1) is 0 Å². The maximum Gasteiger partial charge on any atom is 0.307 e. The minimum absolute atomic E-state index is 0.0622. The van der Waals surface area contributed by atoms with Gasteiger partial charge in [-0.25, -0.2) is 8.42 Å². The van der Waals surface area contributed by atoms with Crippen LogP contribution in [0.1, 0.15) is 11.1 Å². The number of piperazine rings is 1. The number of sulfonamides is 1. The summed E-state index contributed by atoms with van der Waals surface area (Å²) in [6.45, 7) is 0.997. The Morgan fingerprint density at radius 3 is 2.21 bits per heavy atom. The molecule has 1 fully saturated rings. The number of rotatable bonds is 6. The molecule has 1 heterocycles. The fourth-order valence-corrected chi connectivity index (χ4v) is 4.83. The lowest BCUT2D eigenvalue weighted by atomic mass is 10.1. The summed E-state index contributed by atoms with van der Waals surface area (Å²) < 4.78 is 27.1. The highest BCUT2D eigenvalue weighted by atomic mass is 35.5. The molecule has 2 aromatic carbocycles. The lowest BCUT2D eigenvalue weighted by Gasteiger charge is -2.34. The van der Waals surface area contributed by atoms with E-state index in [1.807, 2.05) is 0 Å². The summed E-state index contributed by atoms with van der Waals surface area (Å²) in [7, 11) is -3.75. The number of nitrogens with zero attached hydrogens (tertiary/aromatic N) is 2. The molecule has 0 radical (unpaired) electrons. The third kappa shape index (κ3) is 5.35. The molecular weight excluding hydrogens is 416 g/mol. The number of benzene rings is 2. The third-order valence-corrected chi connectivity index (χ3v) is 6.90. The number of halogens is 1. The van der Waals surface area contributed by atoms with Crippen LogP contribution >= 0.6 is 11.6 Å². The second-order valence-corrected chi connectivity index (χ2v) is 9.18. The number of carboxylic acid groups (broad SMARTS) is 1. The van der Waals surface area contributed by atoms with Crippen LogP contribution in [0.2, 0.25) is 5.02 Å². The van der Waals surface area contributed by atoms with Crippen LogP contribution < -0.4 is 0 Å². The predicted molar refractivity (Wildman–Crippen MR) is 108 cm³/mol. The Kier molecular flexibility index (Phi) is 6.56. The van der Waals surface area contributed by atoms with Crippen molar-refractivity contribution in [3.8, 4) is 0 Å². The molecule has 29 heavy (non-hydrogen) atoms. The van der Waals surface area contributed by atoms with Gasteiger partial charge in [0.05, 0.1) is 17.7 Å². The number of carbonyl (C=O) groups is 2. The lowest BCUT2D eigenvalue weighted by Crippen LogP contribution is -2.50. The minimum atomic E-state index is -3.75. The molecule has 0 unspecified atom stereocenters. The van der Waals surface area contributed by atoms with Gasteiger partial charge in [-0.1, -0.05) is 35.9 Å². The summed E-state index contributed by atoms with van der Waals surface area (Å²) in [5, 5.41) is 9.51. The van der Waals surface area contributed by atoms with Crippen molar-refractivity contribution in [3.05, 3.63) is 64.7 Å². The Balaban J connectivity index is 1.62. The largest absolute Gasteiger partial charge is 0.481 e. The molecule has 0 atom stereocenters. The van der Waals surface area contributed by atoms with Gasteiger partial charge in [-0.05, 0) is 35.4 Å². The van der Waals surface area contributed by atoms with Crippen molar-refractivity contribution in [3.63, 3.8) is 0 Å². The first-order chi connectivity index (χ1) is 13.8. The zero-order valence-corrected chi connectivity index (χ0v) is 17.2. The minimum Gasteiger partial charge on any atom is -0.481 e. The molecule has 3 rings (SSSR count). The van der Waals surface area contributed by atoms with Crippen molar-refractivity contribution in [2.45, 2.75) is 17.7 Å². The normalized spacial score (nSPS) is 15.3. The van der Waals surface area contributed by atoms with Gasteiger partial charge < -0.3 is 10.0 Å². The van der Waals surface area contributed by atoms with E-state index in [1.165, 1.54) is 22.5 Å². The molecule has 0 bridgehead atoms. The second-order valence-electron chi connectivity index (χ2n) is 6.81. The van der Waals surface area contributed by atoms with Gasteiger partial charge in [-0.15, -0.1) is 0 Å². The summed E-state index contributed by atoms with van der Waals surface area (Å²) in [4.78, 5) is 25.1. The van der Waals surface area contributed by atoms with E-state index in [0.29, 0.717) is 23.7 Å². The molecule has 2 aromatic rings. The molecule has 1 amide bonds. The monoisotopic (exact) mass is 436 g/mol. The quantitative estimate of drug-likeness (QED) is 0.747. The van der Waals surface area contributed by atoms with E-state index < -0.39 is 16.0 Å². The molecule has 0 saturated carbocycles. The van der Waals surface area contributed by atoms with Crippen LogP contribution in [-0.2, 0) is 32.5 Å². The zero-order chi connectivity index (χ0) is 21.0. The summed E-state index contributed by atoms with van der Waals surface area (Å²) in [5.41, 5.74) is 1.28. The van der Waals surface area contributed by atoms with Gasteiger partial charge in [-0.2, -0.15) is 4.31 Å². The number of carboxylic acids is 1. The van der Waals surface area contributed by atoms with Crippen LogP contribution in [0.5, 0.6) is 0 Å². The number of carbonyl (C=O) groups excluding carboxylic acids is 1. The average Bonchev–Trinajstić information content (AvgIpc) is 2.69. The average molecular weight is 437 g/mol. The Bertz CT molecular complexity index is 1000. The number of aliphatic carboxylic acids is 1. The Morgan fingerprint density at radius 2 is 1.59 bits per heavy atom. The van der Waals surface area contributed by atoms with Gasteiger partial charge in [0.2, 0.25) is 15.9 Å². The summed E-state index contributed by atoms with van der Waals surface area (Å²) in [6, 6.07) is 13.0. The Hall–Kier alpha value is -2.42. The van der Waals surface area contributed by atoms with Crippen LogP contribution in [0.4, 0.5) is 0 Å².